The van der Waals surface area contributed by atoms with Crippen LogP contribution >= 0.6 is 11.6 Å². The predicted molar refractivity (Wildman–Crippen MR) is 111 cm³/mol. The summed E-state index contributed by atoms with van der Waals surface area (Å²) in [6.45, 7) is 1.95. The highest BCUT2D eigenvalue weighted by molar-refractivity contribution is 7.92. The van der Waals surface area contributed by atoms with E-state index in [9.17, 15) is 12.8 Å². The van der Waals surface area contributed by atoms with E-state index in [1.807, 2.05) is 0 Å². The largest absolute Gasteiger partial charge is 0.355 e. The van der Waals surface area contributed by atoms with E-state index in [4.69, 9.17) is 11.6 Å². The van der Waals surface area contributed by atoms with Gasteiger partial charge in [-0.15, -0.1) is 0 Å². The Bertz CT molecular complexity index is 1120. The molecule has 3 aromatic rings. The fourth-order valence-electron chi connectivity index (χ4n) is 3.16. The number of sulfonamides is 1. The Kier molecular flexibility index (Phi) is 5.38. The highest BCUT2D eigenvalue weighted by Gasteiger charge is 2.17. The predicted octanol–water partition coefficient (Wildman–Crippen LogP) is 4.34. The molecule has 0 bridgehead atoms. The lowest BCUT2D eigenvalue weighted by Gasteiger charge is -2.16. The van der Waals surface area contributed by atoms with Crippen LogP contribution in [0.1, 0.15) is 12.8 Å². The second-order valence-electron chi connectivity index (χ2n) is 6.71. The topological polar surface area (TPSA) is 75.2 Å². The molecule has 1 N–H and O–H groups in total. The Morgan fingerprint density at radius 2 is 1.72 bits per heavy atom. The molecule has 6 nitrogen and oxygen atoms in total. The summed E-state index contributed by atoms with van der Waals surface area (Å²) in [5.41, 5.74) is 1.48. The monoisotopic (exact) mass is 432 g/mol. The van der Waals surface area contributed by atoms with Gasteiger partial charge in [0, 0.05) is 18.7 Å². The Morgan fingerprint density at radius 3 is 2.38 bits per heavy atom. The highest BCUT2D eigenvalue weighted by Crippen LogP contribution is 2.30. The van der Waals surface area contributed by atoms with Crippen LogP contribution in [0, 0.1) is 5.82 Å². The van der Waals surface area contributed by atoms with E-state index in [0.29, 0.717) is 11.3 Å². The van der Waals surface area contributed by atoms with Crippen molar-refractivity contribution in [2.24, 2.45) is 0 Å². The lowest BCUT2D eigenvalue weighted by Crippen LogP contribution is -2.19. The first-order valence-corrected chi connectivity index (χ1v) is 10.9. The number of hydrogen-bond donors (Lipinski definition) is 1. The van der Waals surface area contributed by atoms with Crippen LogP contribution in [0.25, 0.3) is 11.3 Å². The second kappa shape index (κ2) is 7.96. The molecular weight excluding hydrogens is 415 g/mol. The summed E-state index contributed by atoms with van der Waals surface area (Å²) in [4.78, 5) is 11.1. The number of nitrogens with one attached hydrogen (secondary N) is 1. The third kappa shape index (κ3) is 4.33. The maximum absolute atomic E-state index is 13.1. The minimum atomic E-state index is -3.91. The van der Waals surface area contributed by atoms with Gasteiger partial charge < -0.3 is 4.90 Å². The summed E-state index contributed by atoms with van der Waals surface area (Å²) in [5.74, 6) is 0.317. The molecule has 0 saturated carbocycles. The Morgan fingerprint density at radius 1 is 1.00 bits per heavy atom. The molecule has 0 unspecified atom stereocenters. The van der Waals surface area contributed by atoms with Crippen molar-refractivity contribution in [1.29, 1.82) is 0 Å². The fourth-order valence-corrected chi connectivity index (χ4v) is 4.45. The molecule has 150 valence electrons. The fraction of sp³-hybridized carbons (Fsp3) is 0.200. The number of benzene rings is 2. The molecular formula is C20H18ClFN4O2S. The van der Waals surface area contributed by atoms with Gasteiger partial charge in [-0.3, -0.25) is 9.71 Å². The van der Waals surface area contributed by atoms with Gasteiger partial charge >= 0.3 is 0 Å². The molecule has 1 saturated heterocycles. The first kappa shape index (κ1) is 19.6. The maximum atomic E-state index is 13.1. The summed E-state index contributed by atoms with van der Waals surface area (Å²) in [7, 11) is -3.91. The highest BCUT2D eigenvalue weighted by atomic mass is 35.5. The number of hydrogen-bond acceptors (Lipinski definition) is 5. The average Bonchev–Trinajstić information content (AvgIpc) is 3.25. The smallest absolute Gasteiger partial charge is 0.261 e. The lowest BCUT2D eigenvalue weighted by atomic mass is 10.1. The summed E-state index contributed by atoms with van der Waals surface area (Å²) >= 11 is 6.18. The normalized spacial score (nSPS) is 14.2. The van der Waals surface area contributed by atoms with Gasteiger partial charge in [0.05, 0.1) is 33.7 Å². The van der Waals surface area contributed by atoms with E-state index >= 15 is 0 Å². The van der Waals surface area contributed by atoms with E-state index in [0.717, 1.165) is 43.9 Å². The second-order valence-corrected chi connectivity index (χ2v) is 8.80. The van der Waals surface area contributed by atoms with E-state index < -0.39 is 15.8 Å². The van der Waals surface area contributed by atoms with Gasteiger partial charge in [-0.1, -0.05) is 17.7 Å². The van der Waals surface area contributed by atoms with E-state index in [1.54, 1.807) is 30.6 Å². The standard InChI is InChI=1S/C20H18ClFN4O2S/c21-17-8-3-14(19-12-24-20(13-23-19)26-9-1-2-10-26)11-18(17)25-29(27,28)16-6-4-15(22)5-7-16/h3-8,11-13,25H,1-2,9-10H2. The molecule has 2 aromatic carbocycles. The van der Waals surface area contributed by atoms with E-state index in [1.165, 1.54) is 12.1 Å². The molecule has 0 atom stereocenters. The first-order valence-electron chi connectivity index (χ1n) is 9.08. The molecule has 0 amide bonds. The Hall–Kier alpha value is -2.71. The zero-order chi connectivity index (χ0) is 20.4. The molecule has 9 heteroatoms. The molecule has 29 heavy (non-hydrogen) atoms. The number of rotatable bonds is 5. The maximum Gasteiger partial charge on any atom is 0.261 e. The van der Waals surface area contributed by atoms with Crippen LogP contribution in [0.4, 0.5) is 15.9 Å². The third-order valence-electron chi connectivity index (χ3n) is 4.70. The molecule has 0 radical (unpaired) electrons. The molecule has 4 rings (SSSR count). The molecule has 0 spiro atoms. The van der Waals surface area contributed by atoms with Crippen molar-refractivity contribution < 1.29 is 12.8 Å². The van der Waals surface area contributed by atoms with Crippen molar-refractivity contribution in [3.05, 3.63) is 65.7 Å². The van der Waals surface area contributed by atoms with Crippen LogP contribution in [-0.2, 0) is 10.0 Å². The summed E-state index contributed by atoms with van der Waals surface area (Å²) in [6.07, 6.45) is 5.68. The minimum Gasteiger partial charge on any atom is -0.355 e. The SMILES string of the molecule is O=S(=O)(Nc1cc(-c2cnc(N3CCCC3)cn2)ccc1Cl)c1ccc(F)cc1. The zero-order valence-electron chi connectivity index (χ0n) is 15.3. The molecule has 1 aliphatic heterocycles. The van der Waals surface area contributed by atoms with Gasteiger partial charge in [0.2, 0.25) is 0 Å². The van der Waals surface area contributed by atoms with Crippen LogP contribution in [-0.4, -0.2) is 31.5 Å². The van der Waals surface area contributed by atoms with Crippen molar-refractivity contribution in [3.63, 3.8) is 0 Å². The van der Waals surface area contributed by atoms with Crippen molar-refractivity contribution in [2.75, 3.05) is 22.7 Å². The van der Waals surface area contributed by atoms with Crippen LogP contribution in [0.5, 0.6) is 0 Å². The number of halogens is 2. The molecule has 1 fully saturated rings. The van der Waals surface area contributed by atoms with Gasteiger partial charge in [-0.2, -0.15) is 0 Å². The molecule has 1 aromatic heterocycles. The van der Waals surface area contributed by atoms with Crippen molar-refractivity contribution in [2.45, 2.75) is 17.7 Å². The Labute approximate surface area is 173 Å². The molecule has 1 aliphatic rings. The van der Waals surface area contributed by atoms with Crippen LogP contribution in [0.15, 0.2) is 59.8 Å². The van der Waals surface area contributed by atoms with Crippen molar-refractivity contribution in [1.82, 2.24) is 9.97 Å². The van der Waals surface area contributed by atoms with Gasteiger partial charge in [0.15, 0.2) is 0 Å². The van der Waals surface area contributed by atoms with Crippen LogP contribution in [0.2, 0.25) is 5.02 Å². The molecule has 0 aliphatic carbocycles. The summed E-state index contributed by atoms with van der Waals surface area (Å²) in [5, 5.41) is 0.237. The summed E-state index contributed by atoms with van der Waals surface area (Å²) < 4.78 is 40.7. The third-order valence-corrected chi connectivity index (χ3v) is 6.41. The van der Waals surface area contributed by atoms with Gasteiger partial charge in [-0.05, 0) is 49.2 Å². The average molecular weight is 433 g/mol. The van der Waals surface area contributed by atoms with Gasteiger partial charge in [0.1, 0.15) is 11.6 Å². The zero-order valence-corrected chi connectivity index (χ0v) is 16.9. The lowest BCUT2D eigenvalue weighted by molar-refractivity contribution is 0.599. The van der Waals surface area contributed by atoms with Crippen molar-refractivity contribution >= 4 is 33.1 Å². The van der Waals surface area contributed by atoms with Crippen molar-refractivity contribution in [3.8, 4) is 11.3 Å². The summed E-state index contributed by atoms with van der Waals surface area (Å²) in [6, 6.07) is 9.50. The Balaban J connectivity index is 1.59. The quantitative estimate of drug-likeness (QED) is 0.649. The van der Waals surface area contributed by atoms with Gasteiger partial charge in [0.25, 0.3) is 10.0 Å². The van der Waals surface area contributed by atoms with E-state index in [-0.39, 0.29) is 15.6 Å². The molecule has 2 heterocycles. The number of aromatic nitrogens is 2. The van der Waals surface area contributed by atoms with Crippen LogP contribution < -0.4 is 9.62 Å². The first-order chi connectivity index (χ1) is 13.9. The van der Waals surface area contributed by atoms with E-state index in [2.05, 4.69) is 19.6 Å². The van der Waals surface area contributed by atoms with Gasteiger partial charge in [-0.25, -0.2) is 17.8 Å². The number of anilines is 2. The minimum absolute atomic E-state index is 0.0601. The van der Waals surface area contributed by atoms with Crippen LogP contribution in [0.3, 0.4) is 0 Å². The number of nitrogens with zero attached hydrogens (tertiary/aromatic N) is 3.